The normalized spacial score (nSPS) is 14.3. The van der Waals surface area contributed by atoms with Gasteiger partial charge in [-0.1, -0.05) is 117 Å². The Labute approximate surface area is 770 Å². The zero-order valence-corrected chi connectivity index (χ0v) is 75.7. The van der Waals surface area contributed by atoms with Crippen LogP contribution < -0.4 is 0 Å². The van der Waals surface area contributed by atoms with Gasteiger partial charge in [0.1, 0.15) is 0 Å². The molecule has 0 spiro atoms. The summed E-state index contributed by atoms with van der Waals surface area (Å²) < 4.78 is 20.3. The average molecular weight is 1770 g/mol. The van der Waals surface area contributed by atoms with Crippen molar-refractivity contribution in [1.29, 1.82) is 21.0 Å². The van der Waals surface area contributed by atoms with Crippen LogP contribution in [-0.4, -0.2) is 124 Å². The molecule has 666 valence electrons. The van der Waals surface area contributed by atoms with Gasteiger partial charge in [-0.25, -0.2) is 19.2 Å². The molecule has 12 heterocycles. The van der Waals surface area contributed by atoms with Gasteiger partial charge in [0.25, 0.3) is 0 Å². The van der Waals surface area contributed by atoms with Gasteiger partial charge in [0.15, 0.2) is 0 Å². The number of benzene rings is 8. The van der Waals surface area contributed by atoms with Crippen molar-refractivity contribution < 1.29 is 49.1 Å². The van der Waals surface area contributed by atoms with E-state index in [0.717, 1.165) is 171 Å². The number of nitriles is 4. The van der Waals surface area contributed by atoms with Crippen LogP contribution in [-0.2, 0) is 83.5 Å². The van der Waals surface area contributed by atoms with E-state index in [4.69, 9.17) is 9.47 Å². The zero-order valence-electron chi connectivity index (χ0n) is 75.7. The third-order valence-electron chi connectivity index (χ3n) is 26.3. The topological polar surface area (TPSA) is 358 Å². The standard InChI is InChI=1S/2C28H24N4O2.C27H27N3O3.C26H25N3O3/c1-28(2,9-10-29)26-25(19-3-5-20(6-4-19)27(33)34)23-13-21-15-31-16-22(21)14-24(23)32(26)17-18-7-11-30-12-8-18;1-28(2,9-10-29)26-25(19-5-7-20(8-6-19)27(33)34)23-12-21-15-31-16-22(21)13-24(23)32(26)17-18-4-3-11-30-14-18;1-26(2,8-9-28)24-23(17-4-6-18(7-5-17)25(31)32)21-10-19-12-29-13-20(19)11-22(21)30(24)14-27(3)15-33-16-27;1-26(2,7-8-27)24-23(17-3-5-18(6-4-17)25(30)31)21-9-19-11-28-12-20(19)10-22(21)29(24)13-16-14-32-15-16/h2*3-8,11-14,16H,9,15,17H2,1-2H3,(H,33,34);4-7,10-11,13H,8,12,14-16H2,1-3H3,(H,31,32);3-6,9-10,12,16H,7,11,13-15H2,1-2H3,(H,30,31). The number of nitrogens with zero attached hydrogens (tertiary/aromatic N) is 14. The molecule has 6 aliphatic rings. The number of fused-ring (bicyclic) bond motifs is 8. The van der Waals surface area contributed by atoms with Gasteiger partial charge in [0.05, 0.1) is 99.1 Å². The largest absolute Gasteiger partial charge is 0.478 e. The Hall–Kier alpha value is -15.3. The lowest BCUT2D eigenvalue weighted by Gasteiger charge is -2.40. The maximum Gasteiger partial charge on any atom is 0.335 e. The molecular weight excluding hydrogens is 1670 g/mol. The molecule has 0 unspecified atom stereocenters. The highest BCUT2D eigenvalue weighted by molar-refractivity contribution is 6.08. The fourth-order valence-corrected chi connectivity index (χ4v) is 19.6. The number of carbonyl (C=O) groups is 4. The van der Waals surface area contributed by atoms with E-state index in [-0.39, 0.29) is 27.7 Å². The summed E-state index contributed by atoms with van der Waals surface area (Å²) in [5, 5.41) is 80.5. The lowest BCUT2D eigenvalue weighted by Crippen LogP contribution is -2.44. The summed E-state index contributed by atoms with van der Waals surface area (Å²) in [5.74, 6) is -3.35. The van der Waals surface area contributed by atoms with Gasteiger partial charge in [-0.15, -0.1) is 0 Å². The van der Waals surface area contributed by atoms with Crippen molar-refractivity contribution in [3.05, 3.63) is 295 Å². The summed E-state index contributed by atoms with van der Waals surface area (Å²) in [7, 11) is 0. The second-order valence-electron chi connectivity index (χ2n) is 38.2. The van der Waals surface area contributed by atoms with E-state index in [0.29, 0.717) is 84.1 Å². The first-order valence-electron chi connectivity index (χ1n) is 44.4. The first-order chi connectivity index (χ1) is 63.9. The summed E-state index contributed by atoms with van der Waals surface area (Å²) in [4.78, 5) is 72.0. The van der Waals surface area contributed by atoms with E-state index in [1.54, 1.807) is 67.1 Å². The van der Waals surface area contributed by atoms with Crippen LogP contribution in [0.4, 0.5) is 0 Å². The molecule has 24 heteroatoms. The Morgan fingerprint density at radius 1 is 0.391 bits per heavy atom. The first kappa shape index (κ1) is 89.6. The summed E-state index contributed by atoms with van der Waals surface area (Å²) in [6, 6.07) is 63.2. The van der Waals surface area contributed by atoms with Crippen molar-refractivity contribution in [2.24, 2.45) is 31.3 Å². The third kappa shape index (κ3) is 17.5. The van der Waals surface area contributed by atoms with Crippen LogP contribution in [0, 0.1) is 56.7 Å². The van der Waals surface area contributed by atoms with Crippen LogP contribution in [0.5, 0.6) is 0 Å². The van der Waals surface area contributed by atoms with E-state index in [2.05, 4.69) is 189 Å². The van der Waals surface area contributed by atoms with Gasteiger partial charge in [-0.2, -0.15) is 21.0 Å². The number of ether oxygens (including phenoxy) is 2. The van der Waals surface area contributed by atoms with Crippen LogP contribution >= 0.6 is 0 Å². The lowest BCUT2D eigenvalue weighted by atomic mass is 9.81. The number of pyridine rings is 2. The Bertz CT molecular complexity index is 7080. The van der Waals surface area contributed by atoms with Crippen LogP contribution in [0.15, 0.2) is 215 Å². The Morgan fingerprint density at radius 3 is 0.985 bits per heavy atom. The molecule has 0 radical (unpaired) electrons. The molecule has 0 amide bonds. The Balaban J connectivity index is 0.000000124. The van der Waals surface area contributed by atoms with Crippen molar-refractivity contribution in [3.8, 4) is 68.8 Å². The third-order valence-corrected chi connectivity index (χ3v) is 26.3. The van der Waals surface area contributed by atoms with Gasteiger partial charge in [0, 0.05) is 223 Å². The maximum absolute atomic E-state index is 11.4. The summed E-state index contributed by atoms with van der Waals surface area (Å²) in [6.07, 6.45) is 16.3. The van der Waals surface area contributed by atoms with Crippen molar-refractivity contribution in [2.45, 2.75) is 162 Å². The molecule has 6 aromatic heterocycles. The van der Waals surface area contributed by atoms with Crippen LogP contribution in [0.25, 0.3) is 88.1 Å². The van der Waals surface area contributed by atoms with E-state index in [1.165, 1.54) is 22.3 Å². The fourth-order valence-electron chi connectivity index (χ4n) is 19.6. The molecular formula is C109H100N14O10. The molecule has 14 aromatic rings. The second-order valence-corrected chi connectivity index (χ2v) is 38.2. The number of aromatic carboxylic acids is 4. The number of carboxylic acid groups (broad SMARTS) is 4. The minimum Gasteiger partial charge on any atom is -0.478 e. The SMILES string of the molecule is CC(C)(CC#N)c1c(-c2ccc(C(=O)O)cc2)c2cc3c(cc2n1CC1COC1)C=NC3.CC(C)(CC#N)c1c(-c2ccc(C(=O)O)cc2)c2cc3c(cc2n1Cc1cccnc1)C=NC3.CC(C)(CC#N)c1c(-c2ccc(C(=O)O)cc2)c2cc3c(cc2n1Cc1ccncc1)C=NC3.CC1(Cn2c(C(C)(C)CC#N)c(-c3ccc(C(=O)O)cc3)c3cc4c(cc32)C=NC4)COC1. The molecule has 2 saturated heterocycles. The zero-order chi connectivity index (χ0) is 93.6. The molecule has 0 aliphatic carbocycles. The van der Waals surface area contributed by atoms with Crippen LogP contribution in [0.1, 0.15) is 208 Å². The number of carboxylic acids is 4. The van der Waals surface area contributed by atoms with E-state index < -0.39 is 45.5 Å². The quantitative estimate of drug-likeness (QED) is 0.0436. The summed E-state index contributed by atoms with van der Waals surface area (Å²) in [5.41, 5.74) is 27.4. The van der Waals surface area contributed by atoms with Crippen molar-refractivity contribution in [1.82, 2.24) is 28.2 Å². The van der Waals surface area contributed by atoms with Gasteiger partial charge in [-0.05, 0) is 193 Å². The molecule has 0 bridgehead atoms. The van der Waals surface area contributed by atoms with Gasteiger partial charge in [0.2, 0.25) is 0 Å². The first-order valence-corrected chi connectivity index (χ1v) is 44.4. The molecule has 6 aliphatic heterocycles. The molecule has 0 saturated carbocycles. The molecule has 24 nitrogen and oxygen atoms in total. The maximum atomic E-state index is 11.4. The monoisotopic (exact) mass is 1760 g/mol. The number of aromatic nitrogens is 6. The predicted molar refractivity (Wildman–Crippen MR) is 515 cm³/mol. The summed E-state index contributed by atoms with van der Waals surface area (Å²) >= 11 is 0. The average Bonchev–Trinajstić information content (AvgIpc) is 1.48. The molecule has 20 rings (SSSR count). The minimum atomic E-state index is -0.953. The Kier molecular flexibility index (Phi) is 24.4. The number of rotatable bonds is 24. The minimum absolute atomic E-state index is 0.0287. The fraction of sp³-hybridized carbons (Fsp3) is 0.284. The lowest BCUT2D eigenvalue weighted by molar-refractivity contribution is -0.110. The van der Waals surface area contributed by atoms with Crippen molar-refractivity contribution in [3.63, 3.8) is 0 Å². The number of aliphatic imine (C=N–C) groups is 4. The number of hydrogen-bond donors (Lipinski definition) is 4. The molecule has 2 fully saturated rings. The summed E-state index contributed by atoms with van der Waals surface area (Å²) in [6.45, 7) is 27.4. The highest BCUT2D eigenvalue weighted by atomic mass is 16.5. The smallest absolute Gasteiger partial charge is 0.335 e. The van der Waals surface area contributed by atoms with Crippen molar-refractivity contribution >= 4 is 92.3 Å². The number of hydrogen-bond acceptors (Lipinski definition) is 16. The second kappa shape index (κ2) is 36.2. The van der Waals surface area contributed by atoms with Gasteiger partial charge < -0.3 is 48.2 Å². The molecule has 4 N–H and O–H groups in total. The molecule has 133 heavy (non-hydrogen) atoms. The van der Waals surface area contributed by atoms with E-state index >= 15 is 0 Å². The van der Waals surface area contributed by atoms with E-state index in [9.17, 15) is 60.7 Å². The van der Waals surface area contributed by atoms with Gasteiger partial charge in [-0.3, -0.25) is 29.9 Å². The highest BCUT2D eigenvalue weighted by Gasteiger charge is 2.41. The van der Waals surface area contributed by atoms with Crippen molar-refractivity contribution in [2.75, 3.05) is 26.4 Å². The van der Waals surface area contributed by atoms with Crippen LogP contribution in [0.2, 0.25) is 0 Å². The molecule has 0 atom stereocenters. The van der Waals surface area contributed by atoms with Crippen LogP contribution in [0.3, 0.4) is 0 Å². The predicted octanol–water partition coefficient (Wildman–Crippen LogP) is 21.1. The molecule has 8 aromatic carbocycles. The van der Waals surface area contributed by atoms with E-state index in [1.807, 2.05) is 97.8 Å². The van der Waals surface area contributed by atoms with Gasteiger partial charge >= 0.3 is 23.9 Å². The Morgan fingerprint density at radius 2 is 0.699 bits per heavy atom. The highest BCUT2D eigenvalue weighted by Crippen LogP contribution is 2.51.